The fourth-order valence-corrected chi connectivity index (χ4v) is 2.37. The van der Waals surface area contributed by atoms with Gasteiger partial charge >= 0.3 is 5.97 Å². The molecule has 1 amide bonds. The van der Waals surface area contributed by atoms with E-state index in [1.807, 2.05) is 6.07 Å². The molecule has 0 aliphatic heterocycles. The summed E-state index contributed by atoms with van der Waals surface area (Å²) in [5.41, 5.74) is 1.63. The zero-order valence-electron chi connectivity index (χ0n) is 11.7. The summed E-state index contributed by atoms with van der Waals surface area (Å²) in [5.74, 6) is -0.747. The summed E-state index contributed by atoms with van der Waals surface area (Å²) in [4.78, 5) is 27.1. The van der Waals surface area contributed by atoms with Gasteiger partial charge in [0, 0.05) is 17.1 Å². The van der Waals surface area contributed by atoms with Crippen molar-refractivity contribution in [3.8, 4) is 0 Å². The molecular formula is C15H13ClN2O3S. The third kappa shape index (κ3) is 4.68. The second kappa shape index (κ2) is 7.72. The summed E-state index contributed by atoms with van der Waals surface area (Å²) in [6, 6.07) is 7.06. The Bertz CT molecular complexity index is 712. The second-order valence-corrected chi connectivity index (χ2v) is 5.59. The van der Waals surface area contributed by atoms with Gasteiger partial charge in [0.1, 0.15) is 5.69 Å². The highest BCUT2D eigenvalue weighted by Gasteiger charge is 2.10. The number of carbonyl (C=O) groups excluding carboxylic acids is 2. The molecule has 0 radical (unpaired) electrons. The lowest BCUT2D eigenvalue weighted by molar-refractivity contribution is -0.137. The van der Waals surface area contributed by atoms with Gasteiger partial charge in [0.25, 0.3) is 5.91 Å². The average molecular weight is 337 g/mol. The standard InChI is InChI=1S/C15H13ClN2O3S/c1-2-21-13(19)7-6-10-4-3-5-11(8-10)17-14(20)12-9-22-15(16)18-12/h3-9H,2H2,1H3,(H,17,20). The number of halogens is 1. The predicted molar refractivity (Wildman–Crippen MR) is 87.2 cm³/mol. The van der Waals surface area contributed by atoms with Crippen molar-refractivity contribution < 1.29 is 14.3 Å². The Hall–Kier alpha value is -2.18. The van der Waals surface area contributed by atoms with Crippen LogP contribution in [0.4, 0.5) is 5.69 Å². The van der Waals surface area contributed by atoms with Gasteiger partial charge in [-0.15, -0.1) is 11.3 Å². The minimum Gasteiger partial charge on any atom is -0.463 e. The Morgan fingerprint density at radius 3 is 2.95 bits per heavy atom. The van der Waals surface area contributed by atoms with Crippen LogP contribution >= 0.6 is 22.9 Å². The molecule has 0 unspecified atom stereocenters. The number of ether oxygens (including phenoxy) is 1. The molecule has 7 heteroatoms. The summed E-state index contributed by atoms with van der Waals surface area (Å²) in [5, 5.41) is 4.31. The Morgan fingerprint density at radius 1 is 1.45 bits per heavy atom. The van der Waals surface area contributed by atoms with Gasteiger partial charge in [0.05, 0.1) is 6.61 Å². The van der Waals surface area contributed by atoms with Gasteiger partial charge in [-0.05, 0) is 30.7 Å². The maximum Gasteiger partial charge on any atom is 0.330 e. The molecular weight excluding hydrogens is 324 g/mol. The summed E-state index contributed by atoms with van der Waals surface area (Å²) in [7, 11) is 0. The van der Waals surface area contributed by atoms with E-state index in [0.717, 1.165) is 5.56 Å². The lowest BCUT2D eigenvalue weighted by atomic mass is 10.2. The van der Waals surface area contributed by atoms with Crippen LogP contribution in [0.25, 0.3) is 6.08 Å². The number of rotatable bonds is 5. The van der Waals surface area contributed by atoms with Gasteiger partial charge in [0.15, 0.2) is 4.47 Å². The zero-order valence-corrected chi connectivity index (χ0v) is 13.3. The highest BCUT2D eigenvalue weighted by Crippen LogP contribution is 2.17. The Labute approximate surface area is 136 Å². The molecule has 2 rings (SSSR count). The van der Waals surface area contributed by atoms with Crippen LogP contribution in [0.2, 0.25) is 4.47 Å². The van der Waals surface area contributed by atoms with E-state index in [-0.39, 0.29) is 11.6 Å². The third-order valence-electron chi connectivity index (χ3n) is 2.55. The normalized spacial score (nSPS) is 10.6. The van der Waals surface area contributed by atoms with Gasteiger partial charge in [-0.2, -0.15) is 0 Å². The third-order valence-corrected chi connectivity index (χ3v) is 3.53. The first-order chi connectivity index (χ1) is 10.6. The van der Waals surface area contributed by atoms with Crippen molar-refractivity contribution in [2.45, 2.75) is 6.92 Å². The number of hydrogen-bond acceptors (Lipinski definition) is 5. The molecule has 1 aromatic carbocycles. The minimum absolute atomic E-state index is 0.266. The summed E-state index contributed by atoms with van der Waals surface area (Å²) >= 11 is 6.90. The molecule has 0 saturated carbocycles. The quantitative estimate of drug-likeness (QED) is 0.668. The van der Waals surface area contributed by atoms with Crippen LogP contribution in [0, 0.1) is 0 Å². The van der Waals surface area contributed by atoms with E-state index >= 15 is 0 Å². The molecule has 114 valence electrons. The molecule has 0 fully saturated rings. The highest BCUT2D eigenvalue weighted by molar-refractivity contribution is 7.14. The zero-order chi connectivity index (χ0) is 15.9. The minimum atomic E-state index is -0.408. The molecule has 0 atom stereocenters. The van der Waals surface area contributed by atoms with E-state index in [1.54, 1.807) is 36.6 Å². The van der Waals surface area contributed by atoms with Crippen LogP contribution in [-0.4, -0.2) is 23.5 Å². The number of anilines is 1. The van der Waals surface area contributed by atoms with E-state index in [1.165, 1.54) is 17.4 Å². The van der Waals surface area contributed by atoms with E-state index < -0.39 is 5.97 Å². The van der Waals surface area contributed by atoms with Crippen LogP contribution in [0.3, 0.4) is 0 Å². The van der Waals surface area contributed by atoms with E-state index in [2.05, 4.69) is 10.3 Å². The van der Waals surface area contributed by atoms with Crippen molar-refractivity contribution in [2.24, 2.45) is 0 Å². The molecule has 1 heterocycles. The molecule has 1 aromatic heterocycles. The second-order valence-electron chi connectivity index (χ2n) is 4.15. The van der Waals surface area contributed by atoms with Crippen molar-refractivity contribution in [3.63, 3.8) is 0 Å². The first kappa shape index (κ1) is 16.2. The average Bonchev–Trinajstić information content (AvgIpc) is 2.93. The molecule has 0 spiro atoms. The van der Waals surface area contributed by atoms with Gasteiger partial charge in [-0.1, -0.05) is 23.7 Å². The first-order valence-electron chi connectivity index (χ1n) is 6.45. The van der Waals surface area contributed by atoms with Crippen LogP contribution in [0.15, 0.2) is 35.7 Å². The maximum absolute atomic E-state index is 12.0. The number of carbonyl (C=O) groups is 2. The maximum atomic E-state index is 12.0. The van der Waals surface area contributed by atoms with Crippen molar-refractivity contribution in [1.82, 2.24) is 4.98 Å². The van der Waals surface area contributed by atoms with E-state index in [9.17, 15) is 9.59 Å². The number of nitrogens with zero attached hydrogens (tertiary/aromatic N) is 1. The fourth-order valence-electron chi connectivity index (χ4n) is 1.63. The van der Waals surface area contributed by atoms with Crippen molar-refractivity contribution >= 4 is 46.6 Å². The van der Waals surface area contributed by atoms with E-state index in [4.69, 9.17) is 16.3 Å². The van der Waals surface area contributed by atoms with Crippen LogP contribution in [-0.2, 0) is 9.53 Å². The number of thiazole rings is 1. The molecule has 0 saturated heterocycles. The summed E-state index contributed by atoms with van der Waals surface area (Å²) in [6.07, 6.45) is 2.96. The molecule has 0 bridgehead atoms. The van der Waals surface area contributed by atoms with Crippen molar-refractivity contribution in [2.75, 3.05) is 11.9 Å². The van der Waals surface area contributed by atoms with Gasteiger partial charge in [-0.3, -0.25) is 4.79 Å². The number of nitrogens with one attached hydrogen (secondary N) is 1. The SMILES string of the molecule is CCOC(=O)C=Cc1cccc(NC(=O)c2csc(Cl)n2)c1. The summed E-state index contributed by atoms with van der Waals surface area (Å²) < 4.78 is 5.12. The molecule has 2 aromatic rings. The molecule has 1 N–H and O–H groups in total. The number of benzene rings is 1. The largest absolute Gasteiger partial charge is 0.463 e. The highest BCUT2D eigenvalue weighted by atomic mass is 35.5. The predicted octanol–water partition coefficient (Wildman–Crippen LogP) is 3.63. The lowest BCUT2D eigenvalue weighted by Crippen LogP contribution is -2.12. The van der Waals surface area contributed by atoms with Gasteiger partial charge < -0.3 is 10.1 Å². The van der Waals surface area contributed by atoms with Crippen molar-refractivity contribution in [3.05, 3.63) is 51.4 Å². The first-order valence-corrected chi connectivity index (χ1v) is 7.71. The monoisotopic (exact) mass is 336 g/mol. The van der Waals surface area contributed by atoms with Crippen molar-refractivity contribution in [1.29, 1.82) is 0 Å². The number of amides is 1. The van der Waals surface area contributed by atoms with Gasteiger partial charge in [0.2, 0.25) is 0 Å². The Morgan fingerprint density at radius 2 is 2.27 bits per heavy atom. The summed E-state index contributed by atoms with van der Waals surface area (Å²) in [6.45, 7) is 2.07. The lowest BCUT2D eigenvalue weighted by Gasteiger charge is -2.04. The van der Waals surface area contributed by atoms with Gasteiger partial charge in [-0.25, -0.2) is 9.78 Å². The molecule has 22 heavy (non-hydrogen) atoms. The Balaban J connectivity index is 2.05. The fraction of sp³-hybridized carbons (Fsp3) is 0.133. The van der Waals surface area contributed by atoms with Crippen LogP contribution in [0.1, 0.15) is 23.0 Å². The van der Waals surface area contributed by atoms with Crippen LogP contribution in [0.5, 0.6) is 0 Å². The number of esters is 1. The molecule has 5 nitrogen and oxygen atoms in total. The molecule has 0 aliphatic carbocycles. The Kier molecular flexibility index (Phi) is 5.68. The topological polar surface area (TPSA) is 68.3 Å². The number of hydrogen-bond donors (Lipinski definition) is 1. The van der Waals surface area contributed by atoms with Crippen LogP contribution < -0.4 is 5.32 Å². The van der Waals surface area contributed by atoms with E-state index in [0.29, 0.717) is 16.8 Å². The smallest absolute Gasteiger partial charge is 0.330 e. The molecule has 0 aliphatic rings. The number of aromatic nitrogens is 1.